The molecule has 0 fully saturated rings. The highest BCUT2D eigenvalue weighted by Crippen LogP contribution is 2.26. The Hall–Kier alpha value is -3.48. The van der Waals surface area contributed by atoms with E-state index in [2.05, 4.69) is 10.4 Å². The van der Waals surface area contributed by atoms with Gasteiger partial charge in [0.2, 0.25) is 5.91 Å². The molecule has 0 unspecified atom stereocenters. The maximum absolute atomic E-state index is 13.4. The van der Waals surface area contributed by atoms with Crippen molar-refractivity contribution >= 4 is 11.8 Å². The van der Waals surface area contributed by atoms with E-state index in [9.17, 15) is 14.0 Å². The quantitative estimate of drug-likeness (QED) is 0.626. The van der Waals surface area contributed by atoms with Crippen molar-refractivity contribution in [3.8, 4) is 16.9 Å². The van der Waals surface area contributed by atoms with Crippen LogP contribution >= 0.6 is 0 Å². The van der Waals surface area contributed by atoms with Crippen molar-refractivity contribution in [2.75, 3.05) is 13.1 Å². The third kappa shape index (κ3) is 5.36. The van der Waals surface area contributed by atoms with Gasteiger partial charge < -0.3 is 10.2 Å². The zero-order valence-corrected chi connectivity index (χ0v) is 18.2. The van der Waals surface area contributed by atoms with Crippen LogP contribution in [0.25, 0.3) is 16.9 Å². The van der Waals surface area contributed by atoms with E-state index in [1.807, 2.05) is 52.0 Å². The van der Waals surface area contributed by atoms with Crippen LogP contribution in [0.15, 0.2) is 54.7 Å². The van der Waals surface area contributed by atoms with Gasteiger partial charge in [-0.15, -0.1) is 0 Å². The Morgan fingerprint density at radius 3 is 2.48 bits per heavy atom. The van der Waals surface area contributed by atoms with Gasteiger partial charge in [0.05, 0.1) is 17.8 Å². The first-order valence-corrected chi connectivity index (χ1v) is 10.3. The van der Waals surface area contributed by atoms with Crippen molar-refractivity contribution in [3.05, 3.63) is 71.7 Å². The van der Waals surface area contributed by atoms with Gasteiger partial charge in [-0.1, -0.05) is 23.8 Å². The maximum Gasteiger partial charge on any atom is 0.258 e. The van der Waals surface area contributed by atoms with Crippen LogP contribution in [0.5, 0.6) is 0 Å². The first-order chi connectivity index (χ1) is 14.8. The molecular formula is C24H27FN4O2. The highest BCUT2D eigenvalue weighted by Gasteiger charge is 2.24. The smallest absolute Gasteiger partial charge is 0.258 e. The fourth-order valence-corrected chi connectivity index (χ4v) is 3.30. The predicted octanol–water partition coefficient (Wildman–Crippen LogP) is 3.97. The summed E-state index contributed by atoms with van der Waals surface area (Å²) < 4.78 is 14.9. The second-order valence-corrected chi connectivity index (χ2v) is 7.72. The number of halogens is 1. The number of aryl methyl sites for hydroxylation is 1. The number of rotatable bonds is 7. The van der Waals surface area contributed by atoms with E-state index in [4.69, 9.17) is 0 Å². The molecule has 2 aromatic carbocycles. The molecule has 0 saturated carbocycles. The first-order valence-electron chi connectivity index (χ1n) is 10.3. The molecule has 3 rings (SSSR count). The molecule has 0 aliphatic carbocycles. The molecule has 0 radical (unpaired) electrons. The summed E-state index contributed by atoms with van der Waals surface area (Å²) in [6.45, 7) is 7.88. The molecule has 0 aliphatic heterocycles. The number of aromatic nitrogens is 2. The van der Waals surface area contributed by atoms with Crippen molar-refractivity contribution in [2.45, 2.75) is 33.7 Å². The Labute approximate surface area is 181 Å². The number of carbonyl (C=O) groups is 2. The van der Waals surface area contributed by atoms with E-state index in [0.29, 0.717) is 23.5 Å². The molecule has 162 valence electrons. The van der Waals surface area contributed by atoms with Crippen LogP contribution in [-0.2, 0) is 4.79 Å². The lowest BCUT2D eigenvalue weighted by molar-refractivity contribution is -0.122. The Balaban J connectivity index is 2.03. The minimum atomic E-state index is -0.348. The Morgan fingerprint density at radius 1 is 1.16 bits per heavy atom. The van der Waals surface area contributed by atoms with Crippen LogP contribution in [0.3, 0.4) is 0 Å². The lowest BCUT2D eigenvalue weighted by Crippen LogP contribution is -2.42. The van der Waals surface area contributed by atoms with Crippen LogP contribution in [0.4, 0.5) is 4.39 Å². The topological polar surface area (TPSA) is 67.2 Å². The van der Waals surface area contributed by atoms with E-state index in [1.54, 1.807) is 23.0 Å². The molecule has 31 heavy (non-hydrogen) atoms. The first kappa shape index (κ1) is 22.2. The molecule has 0 atom stereocenters. The van der Waals surface area contributed by atoms with E-state index >= 15 is 0 Å². The number of hydrogen-bond acceptors (Lipinski definition) is 3. The molecule has 0 aliphatic rings. The van der Waals surface area contributed by atoms with Gasteiger partial charge in [0.1, 0.15) is 11.5 Å². The van der Waals surface area contributed by atoms with Crippen LogP contribution < -0.4 is 5.32 Å². The molecule has 7 heteroatoms. The van der Waals surface area contributed by atoms with Gasteiger partial charge in [0.25, 0.3) is 5.91 Å². The van der Waals surface area contributed by atoms with Crippen LogP contribution in [0.1, 0.15) is 36.7 Å². The molecule has 0 bridgehead atoms. The fourth-order valence-electron chi connectivity index (χ4n) is 3.30. The number of likely N-dealkylation sites (N-methyl/N-ethyl adjacent to an activating group) is 1. The maximum atomic E-state index is 13.4. The molecule has 6 nitrogen and oxygen atoms in total. The summed E-state index contributed by atoms with van der Waals surface area (Å²) in [6, 6.07) is 13.6. The minimum Gasteiger partial charge on any atom is -0.352 e. The zero-order valence-electron chi connectivity index (χ0n) is 18.2. The standard InChI is InChI=1S/C24H27FN4O2/c1-5-28(15-22(30)26-16(2)3)24(31)21-14-29(20-11-9-19(25)10-12-20)27-23(21)18-8-6-7-17(4)13-18/h6-14,16H,5,15H2,1-4H3,(H,26,30). The zero-order chi connectivity index (χ0) is 22.5. The lowest BCUT2D eigenvalue weighted by Gasteiger charge is -2.21. The monoisotopic (exact) mass is 422 g/mol. The average Bonchev–Trinajstić information content (AvgIpc) is 3.17. The molecule has 1 heterocycles. The van der Waals surface area contributed by atoms with Gasteiger partial charge in [0, 0.05) is 24.3 Å². The summed E-state index contributed by atoms with van der Waals surface area (Å²) in [5.41, 5.74) is 3.37. The molecule has 0 spiro atoms. The van der Waals surface area contributed by atoms with E-state index < -0.39 is 0 Å². The van der Waals surface area contributed by atoms with E-state index in [0.717, 1.165) is 11.1 Å². The number of hydrogen-bond donors (Lipinski definition) is 1. The number of amides is 2. The second-order valence-electron chi connectivity index (χ2n) is 7.72. The van der Waals surface area contributed by atoms with Crippen molar-refractivity contribution in [3.63, 3.8) is 0 Å². The Kier molecular flexibility index (Phi) is 6.84. The number of nitrogens with zero attached hydrogens (tertiary/aromatic N) is 3. The van der Waals surface area contributed by atoms with Gasteiger partial charge in [-0.25, -0.2) is 9.07 Å². The fraction of sp³-hybridized carbons (Fsp3) is 0.292. The normalized spacial score (nSPS) is 10.9. The number of nitrogens with one attached hydrogen (secondary N) is 1. The Morgan fingerprint density at radius 2 is 1.87 bits per heavy atom. The van der Waals surface area contributed by atoms with Gasteiger partial charge >= 0.3 is 0 Å². The summed E-state index contributed by atoms with van der Waals surface area (Å²) in [6.07, 6.45) is 1.64. The van der Waals surface area contributed by atoms with Gasteiger partial charge in [0.15, 0.2) is 0 Å². The molecule has 3 aromatic rings. The average molecular weight is 423 g/mol. The van der Waals surface area contributed by atoms with Crippen LogP contribution in [-0.4, -0.2) is 45.6 Å². The van der Waals surface area contributed by atoms with Crippen LogP contribution in [0, 0.1) is 12.7 Å². The summed E-state index contributed by atoms with van der Waals surface area (Å²) in [5.74, 6) is -0.848. The van der Waals surface area contributed by atoms with Gasteiger partial charge in [-0.2, -0.15) is 5.10 Å². The summed E-state index contributed by atoms with van der Waals surface area (Å²) in [4.78, 5) is 27.2. The number of carbonyl (C=O) groups excluding carboxylic acids is 2. The summed E-state index contributed by atoms with van der Waals surface area (Å²) >= 11 is 0. The lowest BCUT2D eigenvalue weighted by atomic mass is 10.0. The van der Waals surface area contributed by atoms with Crippen molar-refractivity contribution in [1.82, 2.24) is 20.0 Å². The SMILES string of the molecule is CCN(CC(=O)NC(C)C)C(=O)c1cn(-c2ccc(F)cc2)nc1-c1cccc(C)c1. The molecule has 1 aromatic heterocycles. The minimum absolute atomic E-state index is 0.00890. The largest absolute Gasteiger partial charge is 0.352 e. The van der Waals surface area contributed by atoms with Gasteiger partial charge in [-0.3, -0.25) is 9.59 Å². The predicted molar refractivity (Wildman–Crippen MR) is 119 cm³/mol. The molecule has 1 N–H and O–H groups in total. The molecule has 0 saturated heterocycles. The van der Waals surface area contributed by atoms with Crippen LogP contribution in [0.2, 0.25) is 0 Å². The second kappa shape index (κ2) is 9.55. The Bertz CT molecular complexity index is 1070. The summed E-state index contributed by atoms with van der Waals surface area (Å²) in [5, 5.41) is 7.45. The third-order valence-electron chi connectivity index (χ3n) is 4.78. The highest BCUT2D eigenvalue weighted by molar-refractivity contribution is 6.01. The summed E-state index contributed by atoms with van der Waals surface area (Å²) in [7, 11) is 0. The van der Waals surface area contributed by atoms with Gasteiger partial charge in [-0.05, 0) is 58.0 Å². The highest BCUT2D eigenvalue weighted by atomic mass is 19.1. The van der Waals surface area contributed by atoms with Crippen molar-refractivity contribution < 1.29 is 14.0 Å². The molecular weight excluding hydrogens is 395 g/mol. The van der Waals surface area contributed by atoms with Crippen molar-refractivity contribution in [2.24, 2.45) is 0 Å². The van der Waals surface area contributed by atoms with Crippen molar-refractivity contribution in [1.29, 1.82) is 0 Å². The third-order valence-corrected chi connectivity index (χ3v) is 4.78. The number of benzene rings is 2. The van der Waals surface area contributed by atoms with E-state index in [1.165, 1.54) is 17.0 Å². The van der Waals surface area contributed by atoms with E-state index in [-0.39, 0.29) is 30.2 Å². The molecule has 2 amide bonds.